The van der Waals surface area contributed by atoms with Crippen molar-refractivity contribution in [2.24, 2.45) is 5.92 Å². The standard InChI is InChI=1S/C26H36N6O2S/c1-18-8-11-31(12-9-18)23-16-24(32-10-4-3-5-19(32)2)29-25(28-23)30-26(35)27-17-20-6-7-21-22(15-20)34-14-13-33-21/h6-7,15-16,18-19H,3-5,8-14,17H2,1-2H3,(H2,27,28,29,30,35)/t19-/m1/s1. The van der Waals surface area contributed by atoms with E-state index in [1.165, 1.54) is 32.1 Å². The van der Waals surface area contributed by atoms with E-state index in [9.17, 15) is 0 Å². The highest BCUT2D eigenvalue weighted by Crippen LogP contribution is 2.31. The molecule has 1 atom stereocenters. The van der Waals surface area contributed by atoms with Crippen LogP contribution in [0.1, 0.15) is 51.5 Å². The fourth-order valence-electron chi connectivity index (χ4n) is 4.99. The normalized spacial score (nSPS) is 20.5. The third kappa shape index (κ3) is 5.89. The van der Waals surface area contributed by atoms with Gasteiger partial charge in [0, 0.05) is 38.3 Å². The Bertz CT molecular complexity index is 1040. The van der Waals surface area contributed by atoms with Crippen molar-refractivity contribution >= 4 is 34.9 Å². The van der Waals surface area contributed by atoms with Gasteiger partial charge in [-0.2, -0.15) is 9.97 Å². The Hall–Kier alpha value is -2.81. The fourth-order valence-corrected chi connectivity index (χ4v) is 5.15. The summed E-state index contributed by atoms with van der Waals surface area (Å²) in [7, 11) is 0. The van der Waals surface area contributed by atoms with Crippen LogP contribution in [0.5, 0.6) is 11.5 Å². The molecule has 2 aromatic rings. The van der Waals surface area contributed by atoms with Crippen LogP contribution < -0.4 is 29.9 Å². The number of aromatic nitrogens is 2. The summed E-state index contributed by atoms with van der Waals surface area (Å²) < 4.78 is 11.3. The smallest absolute Gasteiger partial charge is 0.232 e. The van der Waals surface area contributed by atoms with Crippen molar-refractivity contribution in [1.29, 1.82) is 0 Å². The van der Waals surface area contributed by atoms with Crippen LogP contribution in [0.25, 0.3) is 0 Å². The van der Waals surface area contributed by atoms with Crippen LogP contribution >= 0.6 is 12.2 Å². The number of hydrogen-bond acceptors (Lipinski definition) is 7. The zero-order valence-corrected chi connectivity index (χ0v) is 21.6. The Morgan fingerprint density at radius 2 is 1.74 bits per heavy atom. The van der Waals surface area contributed by atoms with Gasteiger partial charge in [0.15, 0.2) is 16.6 Å². The van der Waals surface area contributed by atoms with Crippen LogP contribution in [0.15, 0.2) is 24.3 Å². The molecule has 9 heteroatoms. The van der Waals surface area contributed by atoms with Crippen LogP contribution in [0, 0.1) is 5.92 Å². The molecular formula is C26H36N6O2S. The number of benzene rings is 1. The van der Waals surface area contributed by atoms with Gasteiger partial charge in [0.1, 0.15) is 24.8 Å². The Morgan fingerprint density at radius 1 is 0.971 bits per heavy atom. The maximum Gasteiger partial charge on any atom is 0.232 e. The third-order valence-electron chi connectivity index (χ3n) is 7.19. The SMILES string of the molecule is CC1CCN(c2cc(N3CCCC[C@H]3C)nc(NC(=S)NCc3ccc4c(c3)OCCO4)n2)CC1. The van der Waals surface area contributed by atoms with Gasteiger partial charge in [-0.1, -0.05) is 13.0 Å². The first-order valence-electron chi connectivity index (χ1n) is 12.9. The molecule has 2 saturated heterocycles. The van der Waals surface area contributed by atoms with Gasteiger partial charge >= 0.3 is 0 Å². The number of piperidine rings is 2. The van der Waals surface area contributed by atoms with Crippen LogP contribution in [-0.4, -0.2) is 54.0 Å². The van der Waals surface area contributed by atoms with Crippen LogP contribution in [-0.2, 0) is 6.54 Å². The Morgan fingerprint density at radius 3 is 2.54 bits per heavy atom. The molecule has 2 fully saturated rings. The summed E-state index contributed by atoms with van der Waals surface area (Å²) in [5.74, 6) is 4.85. The van der Waals surface area contributed by atoms with Crippen molar-refractivity contribution in [1.82, 2.24) is 15.3 Å². The maximum atomic E-state index is 5.69. The number of ether oxygens (including phenoxy) is 2. The lowest BCUT2D eigenvalue weighted by atomic mass is 9.99. The highest BCUT2D eigenvalue weighted by molar-refractivity contribution is 7.80. The van der Waals surface area contributed by atoms with Gasteiger partial charge < -0.3 is 29.9 Å². The minimum absolute atomic E-state index is 0.473. The maximum absolute atomic E-state index is 5.69. The number of nitrogens with one attached hydrogen (secondary N) is 2. The molecule has 0 unspecified atom stereocenters. The second-order valence-electron chi connectivity index (χ2n) is 9.90. The quantitative estimate of drug-likeness (QED) is 0.588. The molecule has 3 aliphatic rings. The number of nitrogens with zero attached hydrogens (tertiary/aromatic N) is 4. The molecule has 4 heterocycles. The second kappa shape index (κ2) is 10.8. The van der Waals surface area contributed by atoms with Gasteiger partial charge in [-0.05, 0) is 74.9 Å². The van der Waals surface area contributed by atoms with Crippen LogP contribution in [0.3, 0.4) is 0 Å². The predicted molar refractivity (Wildman–Crippen MR) is 144 cm³/mol. The molecule has 0 radical (unpaired) electrons. The van der Waals surface area contributed by atoms with Crippen molar-refractivity contribution in [3.63, 3.8) is 0 Å². The molecule has 3 aliphatic heterocycles. The summed E-state index contributed by atoms with van der Waals surface area (Å²) in [6.45, 7) is 9.44. The Labute approximate surface area is 213 Å². The van der Waals surface area contributed by atoms with Crippen molar-refractivity contribution in [2.75, 3.05) is 48.0 Å². The van der Waals surface area contributed by atoms with E-state index in [0.29, 0.717) is 36.9 Å². The van der Waals surface area contributed by atoms with E-state index >= 15 is 0 Å². The van der Waals surface area contributed by atoms with Gasteiger partial charge in [-0.3, -0.25) is 0 Å². The van der Waals surface area contributed by atoms with E-state index < -0.39 is 0 Å². The van der Waals surface area contributed by atoms with E-state index in [1.807, 2.05) is 18.2 Å². The van der Waals surface area contributed by atoms with Gasteiger partial charge in [0.2, 0.25) is 5.95 Å². The van der Waals surface area contributed by atoms with Crippen molar-refractivity contribution < 1.29 is 9.47 Å². The second-order valence-corrected chi connectivity index (χ2v) is 10.3. The summed E-state index contributed by atoms with van der Waals surface area (Å²) in [6.07, 6.45) is 6.05. The lowest BCUT2D eigenvalue weighted by Crippen LogP contribution is -2.39. The number of anilines is 3. The largest absolute Gasteiger partial charge is 0.486 e. The fraction of sp³-hybridized carbons (Fsp3) is 0.577. The summed E-state index contributed by atoms with van der Waals surface area (Å²) in [6, 6.07) is 8.59. The van der Waals surface area contributed by atoms with Gasteiger partial charge in [-0.25, -0.2) is 0 Å². The average molecular weight is 497 g/mol. The molecule has 35 heavy (non-hydrogen) atoms. The minimum atomic E-state index is 0.473. The first kappa shape index (κ1) is 23.9. The van der Waals surface area contributed by atoms with E-state index in [-0.39, 0.29) is 0 Å². The first-order valence-corrected chi connectivity index (χ1v) is 13.3. The van der Waals surface area contributed by atoms with E-state index in [4.69, 9.17) is 31.7 Å². The highest BCUT2D eigenvalue weighted by Gasteiger charge is 2.24. The molecular weight excluding hydrogens is 460 g/mol. The molecule has 0 amide bonds. The van der Waals surface area contributed by atoms with E-state index in [0.717, 1.165) is 54.3 Å². The molecule has 0 saturated carbocycles. The molecule has 8 nitrogen and oxygen atoms in total. The molecule has 188 valence electrons. The molecule has 0 spiro atoms. The molecule has 2 N–H and O–H groups in total. The third-order valence-corrected chi connectivity index (χ3v) is 7.44. The number of thiocarbonyl (C=S) groups is 1. The Kier molecular flexibility index (Phi) is 7.41. The summed E-state index contributed by atoms with van der Waals surface area (Å²) in [4.78, 5) is 14.6. The molecule has 1 aromatic carbocycles. The van der Waals surface area contributed by atoms with Gasteiger partial charge in [-0.15, -0.1) is 0 Å². The highest BCUT2D eigenvalue weighted by atomic mass is 32.1. The van der Waals surface area contributed by atoms with E-state index in [2.05, 4.69) is 40.3 Å². The molecule has 0 aliphatic carbocycles. The van der Waals surface area contributed by atoms with E-state index in [1.54, 1.807) is 0 Å². The summed E-state index contributed by atoms with van der Waals surface area (Å²) in [5.41, 5.74) is 1.07. The summed E-state index contributed by atoms with van der Waals surface area (Å²) >= 11 is 5.61. The van der Waals surface area contributed by atoms with Crippen molar-refractivity contribution in [3.8, 4) is 11.5 Å². The molecule has 0 bridgehead atoms. The predicted octanol–water partition coefficient (Wildman–Crippen LogP) is 4.35. The van der Waals surface area contributed by atoms with Gasteiger partial charge in [0.05, 0.1) is 0 Å². The first-order chi connectivity index (χ1) is 17.0. The topological polar surface area (TPSA) is 74.8 Å². The lowest BCUT2D eigenvalue weighted by molar-refractivity contribution is 0.171. The Balaban J connectivity index is 1.29. The van der Waals surface area contributed by atoms with Gasteiger partial charge in [0.25, 0.3) is 0 Å². The van der Waals surface area contributed by atoms with Crippen LogP contribution in [0.2, 0.25) is 0 Å². The molecule has 5 rings (SSSR count). The van der Waals surface area contributed by atoms with Crippen molar-refractivity contribution in [2.45, 2.75) is 58.5 Å². The van der Waals surface area contributed by atoms with Crippen molar-refractivity contribution in [3.05, 3.63) is 29.8 Å². The minimum Gasteiger partial charge on any atom is -0.486 e. The zero-order valence-electron chi connectivity index (χ0n) is 20.8. The number of rotatable bonds is 5. The zero-order chi connectivity index (χ0) is 24.2. The monoisotopic (exact) mass is 496 g/mol. The number of fused-ring (bicyclic) bond motifs is 1. The lowest BCUT2D eigenvalue weighted by Gasteiger charge is -2.36. The average Bonchev–Trinajstić information content (AvgIpc) is 2.88. The summed E-state index contributed by atoms with van der Waals surface area (Å²) in [5, 5.41) is 7.03. The van der Waals surface area contributed by atoms with Crippen LogP contribution in [0.4, 0.5) is 17.6 Å². The molecule has 1 aromatic heterocycles. The number of hydrogen-bond donors (Lipinski definition) is 2.